The number of urea groups is 1. The second-order valence-electron chi connectivity index (χ2n) is 5.01. The molecule has 1 aromatic rings. The third kappa shape index (κ3) is 5.90. The van der Waals surface area contributed by atoms with Gasteiger partial charge in [0.25, 0.3) is 0 Å². The summed E-state index contributed by atoms with van der Waals surface area (Å²) in [6.07, 6.45) is 0.620. The Morgan fingerprint density at radius 3 is 2.65 bits per heavy atom. The Morgan fingerprint density at radius 2 is 2.06 bits per heavy atom. The van der Waals surface area contributed by atoms with Crippen LogP contribution in [0.2, 0.25) is 0 Å². The Morgan fingerprint density at radius 1 is 1.35 bits per heavy atom. The zero-order chi connectivity index (χ0) is 12.9. The Kier molecular flexibility index (Phi) is 4.49. The van der Waals surface area contributed by atoms with Gasteiger partial charge in [-0.1, -0.05) is 12.1 Å². The molecule has 2 amide bonds. The van der Waals surface area contributed by atoms with Crippen molar-refractivity contribution in [1.29, 1.82) is 0 Å². The number of carbonyl (C=O) groups excluding carboxylic acids is 1. The second kappa shape index (κ2) is 5.66. The van der Waals surface area contributed by atoms with Crippen LogP contribution in [-0.4, -0.2) is 18.1 Å². The molecule has 0 aliphatic carbocycles. The molecule has 0 saturated heterocycles. The van der Waals surface area contributed by atoms with Crippen LogP contribution >= 0.6 is 0 Å². The van der Waals surface area contributed by atoms with Crippen molar-refractivity contribution in [2.45, 2.75) is 32.7 Å². The molecule has 0 spiro atoms. The number of rotatable bonds is 3. The number of halogens is 1. The zero-order valence-corrected chi connectivity index (χ0v) is 10.5. The van der Waals surface area contributed by atoms with E-state index in [1.807, 2.05) is 26.8 Å². The molecule has 0 saturated carbocycles. The maximum Gasteiger partial charge on any atom is 0.315 e. The van der Waals surface area contributed by atoms with Crippen LogP contribution in [0.4, 0.5) is 9.18 Å². The van der Waals surface area contributed by atoms with E-state index < -0.39 is 0 Å². The van der Waals surface area contributed by atoms with Gasteiger partial charge in [0.2, 0.25) is 0 Å². The summed E-state index contributed by atoms with van der Waals surface area (Å²) in [7, 11) is 0. The summed E-state index contributed by atoms with van der Waals surface area (Å²) in [6.45, 7) is 6.24. The van der Waals surface area contributed by atoms with Crippen molar-refractivity contribution in [1.82, 2.24) is 10.6 Å². The van der Waals surface area contributed by atoms with Crippen LogP contribution in [0.3, 0.4) is 0 Å². The summed E-state index contributed by atoms with van der Waals surface area (Å²) in [5.74, 6) is -0.248. The quantitative estimate of drug-likeness (QED) is 0.834. The molecule has 0 aromatic heterocycles. The van der Waals surface area contributed by atoms with Crippen LogP contribution in [0.5, 0.6) is 0 Å². The minimum absolute atomic E-state index is 0.200. The van der Waals surface area contributed by atoms with E-state index in [-0.39, 0.29) is 17.4 Å². The first-order valence-corrected chi connectivity index (χ1v) is 5.67. The first-order valence-electron chi connectivity index (χ1n) is 5.67. The number of benzene rings is 1. The summed E-state index contributed by atoms with van der Waals surface area (Å²) in [6, 6.07) is 6.19. The molecule has 1 rings (SSSR count). The van der Waals surface area contributed by atoms with Crippen molar-refractivity contribution in [2.75, 3.05) is 6.54 Å². The lowest BCUT2D eigenvalue weighted by Crippen LogP contribution is -2.46. The van der Waals surface area contributed by atoms with Crippen LogP contribution in [0.25, 0.3) is 0 Å². The van der Waals surface area contributed by atoms with Gasteiger partial charge in [-0.15, -0.1) is 0 Å². The van der Waals surface area contributed by atoms with Crippen LogP contribution in [0, 0.1) is 5.82 Å². The molecule has 0 bridgehead atoms. The summed E-state index contributed by atoms with van der Waals surface area (Å²) >= 11 is 0. The summed E-state index contributed by atoms with van der Waals surface area (Å²) < 4.78 is 12.9. The van der Waals surface area contributed by atoms with Crippen LogP contribution in [-0.2, 0) is 6.42 Å². The van der Waals surface area contributed by atoms with Crippen LogP contribution in [0.15, 0.2) is 24.3 Å². The van der Waals surface area contributed by atoms with E-state index in [1.165, 1.54) is 12.1 Å². The van der Waals surface area contributed by atoms with Crippen molar-refractivity contribution in [3.63, 3.8) is 0 Å². The highest BCUT2D eigenvalue weighted by Gasteiger charge is 2.12. The summed E-state index contributed by atoms with van der Waals surface area (Å²) in [4.78, 5) is 11.4. The number of carbonyl (C=O) groups is 1. The maximum atomic E-state index is 12.9. The molecule has 0 fully saturated rings. The molecule has 0 radical (unpaired) electrons. The monoisotopic (exact) mass is 238 g/mol. The highest BCUT2D eigenvalue weighted by Crippen LogP contribution is 2.03. The van der Waals surface area contributed by atoms with E-state index in [2.05, 4.69) is 10.6 Å². The Hall–Kier alpha value is -1.58. The predicted octanol–water partition coefficient (Wildman–Crippen LogP) is 2.47. The van der Waals surface area contributed by atoms with Crippen LogP contribution < -0.4 is 10.6 Å². The molecule has 0 heterocycles. The van der Waals surface area contributed by atoms with Crippen molar-refractivity contribution in [3.8, 4) is 0 Å². The van der Waals surface area contributed by atoms with Crippen molar-refractivity contribution in [2.24, 2.45) is 0 Å². The van der Waals surface area contributed by atoms with Gasteiger partial charge in [-0.2, -0.15) is 0 Å². The molecular formula is C13H19FN2O. The lowest BCUT2D eigenvalue weighted by molar-refractivity contribution is 0.232. The third-order valence-corrected chi connectivity index (χ3v) is 2.08. The van der Waals surface area contributed by atoms with Gasteiger partial charge in [-0.25, -0.2) is 9.18 Å². The van der Waals surface area contributed by atoms with Gasteiger partial charge >= 0.3 is 6.03 Å². The zero-order valence-electron chi connectivity index (χ0n) is 10.5. The first-order chi connectivity index (χ1) is 7.87. The molecule has 0 aliphatic rings. The fourth-order valence-corrected chi connectivity index (χ4v) is 1.40. The van der Waals surface area contributed by atoms with Gasteiger partial charge in [-0.05, 0) is 44.9 Å². The van der Waals surface area contributed by atoms with Gasteiger partial charge in [0.1, 0.15) is 5.82 Å². The minimum atomic E-state index is -0.248. The molecule has 17 heavy (non-hydrogen) atoms. The highest BCUT2D eigenvalue weighted by atomic mass is 19.1. The highest BCUT2D eigenvalue weighted by molar-refractivity contribution is 5.74. The van der Waals surface area contributed by atoms with E-state index in [9.17, 15) is 9.18 Å². The van der Waals surface area contributed by atoms with Gasteiger partial charge in [-0.3, -0.25) is 0 Å². The largest absolute Gasteiger partial charge is 0.338 e. The van der Waals surface area contributed by atoms with Gasteiger partial charge in [0.05, 0.1) is 0 Å². The van der Waals surface area contributed by atoms with Crippen LogP contribution in [0.1, 0.15) is 26.3 Å². The summed E-state index contributed by atoms with van der Waals surface area (Å²) in [5, 5.41) is 5.53. The first kappa shape index (κ1) is 13.5. The maximum absolute atomic E-state index is 12.9. The average Bonchev–Trinajstić information content (AvgIpc) is 2.14. The van der Waals surface area contributed by atoms with E-state index in [0.29, 0.717) is 13.0 Å². The molecule has 2 N–H and O–H groups in total. The van der Waals surface area contributed by atoms with E-state index in [1.54, 1.807) is 6.07 Å². The van der Waals surface area contributed by atoms with E-state index in [4.69, 9.17) is 0 Å². The van der Waals surface area contributed by atoms with Crippen molar-refractivity contribution in [3.05, 3.63) is 35.6 Å². The predicted molar refractivity (Wildman–Crippen MR) is 66.4 cm³/mol. The third-order valence-electron chi connectivity index (χ3n) is 2.08. The molecule has 3 nitrogen and oxygen atoms in total. The minimum Gasteiger partial charge on any atom is -0.338 e. The number of amides is 2. The van der Waals surface area contributed by atoms with Gasteiger partial charge < -0.3 is 10.6 Å². The number of hydrogen-bond acceptors (Lipinski definition) is 1. The van der Waals surface area contributed by atoms with Gasteiger partial charge in [0.15, 0.2) is 0 Å². The standard InChI is InChI=1S/C13H19FN2O/c1-13(2,3)16-12(17)15-8-7-10-5-4-6-11(14)9-10/h4-6,9H,7-8H2,1-3H3,(H2,15,16,17). The lowest BCUT2D eigenvalue weighted by Gasteiger charge is -2.20. The Bertz CT molecular complexity index is 385. The normalized spacial score (nSPS) is 11.1. The van der Waals surface area contributed by atoms with Crippen molar-refractivity contribution < 1.29 is 9.18 Å². The number of hydrogen-bond donors (Lipinski definition) is 2. The molecular weight excluding hydrogens is 219 g/mol. The topological polar surface area (TPSA) is 41.1 Å². The van der Waals surface area contributed by atoms with Gasteiger partial charge in [0, 0.05) is 12.1 Å². The SMILES string of the molecule is CC(C)(C)NC(=O)NCCc1cccc(F)c1. The van der Waals surface area contributed by atoms with Crippen molar-refractivity contribution >= 4 is 6.03 Å². The smallest absolute Gasteiger partial charge is 0.315 e. The fourth-order valence-electron chi connectivity index (χ4n) is 1.40. The number of nitrogens with one attached hydrogen (secondary N) is 2. The fraction of sp³-hybridized carbons (Fsp3) is 0.462. The molecule has 0 unspecified atom stereocenters. The molecule has 4 heteroatoms. The molecule has 0 aliphatic heterocycles. The van der Waals surface area contributed by atoms with E-state index in [0.717, 1.165) is 5.56 Å². The Balaban J connectivity index is 2.31. The lowest BCUT2D eigenvalue weighted by atomic mass is 10.1. The second-order valence-corrected chi connectivity index (χ2v) is 5.01. The molecule has 94 valence electrons. The van der Waals surface area contributed by atoms with E-state index >= 15 is 0 Å². The molecule has 0 atom stereocenters. The molecule has 1 aromatic carbocycles. The Labute approximate surface area is 101 Å². The average molecular weight is 238 g/mol. The summed E-state index contributed by atoms with van der Waals surface area (Å²) in [5.41, 5.74) is 0.629.